The lowest BCUT2D eigenvalue weighted by Crippen LogP contribution is -2.14. The Morgan fingerprint density at radius 2 is 1.71 bits per heavy atom. The van der Waals surface area contributed by atoms with Gasteiger partial charge in [-0.1, -0.05) is 12.7 Å². The van der Waals surface area contributed by atoms with Gasteiger partial charge < -0.3 is 18.9 Å². The van der Waals surface area contributed by atoms with Gasteiger partial charge in [-0.05, 0) is 0 Å². The van der Waals surface area contributed by atoms with E-state index >= 15 is 0 Å². The molecular formula is C7H11BO6. The van der Waals surface area contributed by atoms with Crippen LogP contribution in [0.5, 0.6) is 0 Å². The third-order valence-electron chi connectivity index (χ3n) is 1.01. The van der Waals surface area contributed by atoms with Gasteiger partial charge in [-0.3, -0.25) is 0 Å². The predicted molar refractivity (Wildman–Crippen MR) is 48.5 cm³/mol. The Balaban J connectivity index is 3.31. The summed E-state index contributed by atoms with van der Waals surface area (Å²) in [6.45, 7) is 3.27. The molecule has 14 heavy (non-hydrogen) atoms. The lowest BCUT2D eigenvalue weighted by atomic mass is 10.6. The van der Waals surface area contributed by atoms with Crippen molar-refractivity contribution in [3.63, 3.8) is 0 Å². The Hall–Kier alpha value is -1.66. The van der Waals surface area contributed by atoms with Gasteiger partial charge in [-0.25, -0.2) is 9.59 Å². The maximum absolute atomic E-state index is 10.7. The molecule has 0 fully saturated rings. The Morgan fingerprint density at radius 1 is 1.14 bits per heavy atom. The molecule has 78 valence electrons. The highest BCUT2D eigenvalue weighted by molar-refractivity contribution is 6.04. The van der Waals surface area contributed by atoms with E-state index in [9.17, 15) is 9.59 Å². The van der Waals surface area contributed by atoms with Gasteiger partial charge in [0.1, 0.15) is 19.8 Å². The van der Waals surface area contributed by atoms with E-state index in [1.807, 2.05) is 0 Å². The number of carbonyl (C=O) groups excluding carboxylic acids is 2. The van der Waals surface area contributed by atoms with Gasteiger partial charge in [0.15, 0.2) is 0 Å². The van der Waals surface area contributed by atoms with Gasteiger partial charge in [0, 0.05) is 0 Å². The van der Waals surface area contributed by atoms with Gasteiger partial charge in [-0.2, -0.15) is 0 Å². The van der Waals surface area contributed by atoms with E-state index in [4.69, 9.17) is 0 Å². The van der Waals surface area contributed by atoms with Crippen molar-refractivity contribution in [2.24, 2.45) is 0 Å². The molecule has 0 saturated heterocycles. The maximum Gasteiger partial charge on any atom is 0.508 e. The summed E-state index contributed by atoms with van der Waals surface area (Å²) in [5, 5.41) is 0. The first kappa shape index (κ1) is 12.3. The fourth-order valence-electron chi connectivity index (χ4n) is 0.478. The number of hydrogen-bond donors (Lipinski definition) is 0. The molecule has 0 rings (SSSR count). The van der Waals surface area contributed by atoms with Crippen LogP contribution >= 0.6 is 0 Å². The molecular weight excluding hydrogens is 191 g/mol. The van der Waals surface area contributed by atoms with Crippen LogP contribution in [0.2, 0.25) is 0 Å². The lowest BCUT2D eigenvalue weighted by molar-refractivity contribution is 0.0366. The largest absolute Gasteiger partial charge is 0.513 e. The second-order valence-corrected chi connectivity index (χ2v) is 2.00. The van der Waals surface area contributed by atoms with Gasteiger partial charge in [0.05, 0.1) is 0 Å². The van der Waals surface area contributed by atoms with E-state index in [1.54, 1.807) is 0 Å². The number of hydrogen-bond acceptors (Lipinski definition) is 6. The molecule has 0 aliphatic carbocycles. The van der Waals surface area contributed by atoms with Crippen LogP contribution < -0.4 is 0 Å². The molecule has 0 heterocycles. The van der Waals surface area contributed by atoms with E-state index in [-0.39, 0.29) is 19.8 Å². The van der Waals surface area contributed by atoms with Crippen molar-refractivity contribution in [2.45, 2.75) is 0 Å². The second-order valence-electron chi connectivity index (χ2n) is 2.00. The summed E-state index contributed by atoms with van der Waals surface area (Å²) in [6.07, 6.45) is -0.252. The highest BCUT2D eigenvalue weighted by atomic mass is 16.7. The Labute approximate surface area is 82.2 Å². The smallest absolute Gasteiger partial charge is 0.508 e. The molecule has 0 radical (unpaired) electrons. The molecule has 0 unspecified atom stereocenters. The van der Waals surface area contributed by atoms with Crippen LogP contribution in [0, 0.1) is 0 Å². The standard InChI is InChI=1S/C7H11BO6/c1-2-3-11-6(9)12-4-5-13-7(10)14-8/h2H,1,3-5,8H2. The molecule has 0 N–H and O–H groups in total. The Morgan fingerprint density at radius 3 is 2.21 bits per heavy atom. The third kappa shape index (κ3) is 7.02. The first-order valence-corrected chi connectivity index (χ1v) is 3.82. The van der Waals surface area contributed by atoms with Gasteiger partial charge in [-0.15, -0.1) is 0 Å². The number of carbonyl (C=O) groups is 2. The van der Waals surface area contributed by atoms with Crippen LogP contribution in [0.3, 0.4) is 0 Å². The fraction of sp³-hybridized carbons (Fsp3) is 0.429. The molecule has 0 aromatic rings. The zero-order valence-corrected chi connectivity index (χ0v) is 7.86. The monoisotopic (exact) mass is 202 g/mol. The van der Waals surface area contributed by atoms with Crippen LogP contribution in [-0.2, 0) is 18.9 Å². The van der Waals surface area contributed by atoms with Gasteiger partial charge in [0.2, 0.25) is 0 Å². The summed E-state index contributed by atoms with van der Waals surface area (Å²) in [6, 6.07) is 0. The summed E-state index contributed by atoms with van der Waals surface area (Å²) in [5.74, 6) is 0. The highest BCUT2D eigenvalue weighted by Gasteiger charge is 2.03. The van der Waals surface area contributed by atoms with E-state index in [0.29, 0.717) is 0 Å². The average molecular weight is 202 g/mol. The van der Waals surface area contributed by atoms with Crippen molar-refractivity contribution >= 4 is 20.4 Å². The molecule has 0 bridgehead atoms. The lowest BCUT2D eigenvalue weighted by Gasteiger charge is -2.04. The quantitative estimate of drug-likeness (QED) is 0.271. The highest BCUT2D eigenvalue weighted by Crippen LogP contribution is 1.87. The molecule has 0 aliphatic heterocycles. The zero-order chi connectivity index (χ0) is 10.8. The van der Waals surface area contributed by atoms with Crippen LogP contribution in [0.4, 0.5) is 9.59 Å². The van der Waals surface area contributed by atoms with Crippen molar-refractivity contribution in [3.8, 4) is 0 Å². The van der Waals surface area contributed by atoms with Crippen LogP contribution in [-0.4, -0.2) is 40.2 Å². The molecule has 0 aromatic carbocycles. The van der Waals surface area contributed by atoms with Gasteiger partial charge >= 0.3 is 20.4 Å². The fourth-order valence-corrected chi connectivity index (χ4v) is 0.478. The minimum Gasteiger partial charge on any atom is -0.513 e. The molecule has 0 aromatic heterocycles. The van der Waals surface area contributed by atoms with Crippen molar-refractivity contribution in [1.82, 2.24) is 0 Å². The number of ether oxygens (including phenoxy) is 3. The first-order chi connectivity index (χ1) is 6.70. The van der Waals surface area contributed by atoms with Gasteiger partial charge in [0.25, 0.3) is 0 Å². The number of rotatable bonds is 5. The van der Waals surface area contributed by atoms with Crippen molar-refractivity contribution in [3.05, 3.63) is 12.7 Å². The first-order valence-electron chi connectivity index (χ1n) is 3.82. The average Bonchev–Trinajstić information content (AvgIpc) is 2.21. The molecule has 0 amide bonds. The summed E-state index contributed by atoms with van der Waals surface area (Å²) in [4.78, 5) is 21.1. The zero-order valence-electron chi connectivity index (χ0n) is 7.86. The van der Waals surface area contributed by atoms with Crippen molar-refractivity contribution < 1.29 is 28.5 Å². The van der Waals surface area contributed by atoms with Crippen LogP contribution in [0.1, 0.15) is 0 Å². The normalized spacial score (nSPS) is 8.57. The summed E-state index contributed by atoms with van der Waals surface area (Å²) in [7, 11) is 1.18. The molecule has 0 spiro atoms. The van der Waals surface area contributed by atoms with E-state index in [1.165, 1.54) is 14.1 Å². The Bertz CT molecular complexity index is 204. The third-order valence-corrected chi connectivity index (χ3v) is 1.01. The van der Waals surface area contributed by atoms with Crippen LogP contribution in [0.15, 0.2) is 12.7 Å². The predicted octanol–water partition coefficient (Wildman–Crippen LogP) is 0.0269. The molecule has 6 nitrogen and oxygen atoms in total. The van der Waals surface area contributed by atoms with E-state index < -0.39 is 12.3 Å². The molecule has 0 saturated carbocycles. The molecule has 0 atom stereocenters. The molecule has 7 heteroatoms. The van der Waals surface area contributed by atoms with Crippen LogP contribution in [0.25, 0.3) is 0 Å². The van der Waals surface area contributed by atoms with Crippen molar-refractivity contribution in [1.29, 1.82) is 0 Å². The SMILES string of the molecule is BOC(=O)OCCOC(=O)OCC=C. The topological polar surface area (TPSA) is 71.1 Å². The Kier molecular flexibility index (Phi) is 7.02. The van der Waals surface area contributed by atoms with E-state index in [0.717, 1.165) is 0 Å². The minimum atomic E-state index is -0.835. The maximum atomic E-state index is 10.7. The second kappa shape index (κ2) is 7.97. The summed E-state index contributed by atoms with van der Waals surface area (Å²) < 4.78 is 17.6. The van der Waals surface area contributed by atoms with Crippen molar-refractivity contribution in [2.75, 3.05) is 19.8 Å². The summed E-state index contributed by atoms with van der Waals surface area (Å²) in [5.41, 5.74) is 0. The van der Waals surface area contributed by atoms with E-state index in [2.05, 4.69) is 25.4 Å². The molecule has 0 aliphatic rings. The minimum absolute atomic E-state index is 0.0735. The summed E-state index contributed by atoms with van der Waals surface area (Å²) >= 11 is 0.